The SMILES string of the molecule is CCC(CC)(CNc1ccc(C(F)(F)F)cn1)SC. The van der Waals surface area contributed by atoms with Crippen LogP contribution in [0.3, 0.4) is 0 Å². The van der Waals surface area contributed by atoms with Crippen LogP contribution in [0.5, 0.6) is 0 Å². The topological polar surface area (TPSA) is 24.9 Å². The Morgan fingerprint density at radius 1 is 1.21 bits per heavy atom. The summed E-state index contributed by atoms with van der Waals surface area (Å²) in [7, 11) is 0. The molecule has 6 heteroatoms. The van der Waals surface area contributed by atoms with Crippen LogP contribution in [0.4, 0.5) is 19.0 Å². The van der Waals surface area contributed by atoms with E-state index in [2.05, 4.69) is 30.4 Å². The molecule has 0 fully saturated rings. The molecule has 19 heavy (non-hydrogen) atoms. The van der Waals surface area contributed by atoms with E-state index in [-0.39, 0.29) is 4.75 Å². The van der Waals surface area contributed by atoms with Crippen LogP contribution < -0.4 is 5.32 Å². The molecule has 1 heterocycles. The van der Waals surface area contributed by atoms with Crippen LogP contribution in [0, 0.1) is 0 Å². The fourth-order valence-corrected chi connectivity index (χ4v) is 2.57. The van der Waals surface area contributed by atoms with Gasteiger partial charge in [-0.05, 0) is 31.2 Å². The van der Waals surface area contributed by atoms with Crippen molar-refractivity contribution in [1.82, 2.24) is 4.98 Å². The third-order valence-corrected chi connectivity index (χ3v) is 4.99. The maximum Gasteiger partial charge on any atom is 0.417 e. The van der Waals surface area contributed by atoms with Gasteiger partial charge in [0.15, 0.2) is 0 Å². The van der Waals surface area contributed by atoms with E-state index in [9.17, 15) is 13.2 Å². The van der Waals surface area contributed by atoms with E-state index in [4.69, 9.17) is 0 Å². The van der Waals surface area contributed by atoms with Gasteiger partial charge in [-0.3, -0.25) is 0 Å². The predicted octanol–water partition coefficient (Wildman–Crippen LogP) is 4.43. The highest BCUT2D eigenvalue weighted by Crippen LogP contribution is 2.31. The Morgan fingerprint density at radius 3 is 2.21 bits per heavy atom. The van der Waals surface area contributed by atoms with E-state index in [0.717, 1.165) is 25.1 Å². The fraction of sp³-hybridized carbons (Fsp3) is 0.615. The number of nitrogens with one attached hydrogen (secondary N) is 1. The number of hydrogen-bond donors (Lipinski definition) is 1. The van der Waals surface area contributed by atoms with Gasteiger partial charge < -0.3 is 5.32 Å². The molecule has 0 unspecified atom stereocenters. The average molecular weight is 292 g/mol. The van der Waals surface area contributed by atoms with Crippen molar-refractivity contribution in [2.24, 2.45) is 0 Å². The number of halogens is 3. The molecule has 1 N–H and O–H groups in total. The number of rotatable bonds is 6. The van der Waals surface area contributed by atoms with Crippen LogP contribution in [0.25, 0.3) is 0 Å². The summed E-state index contributed by atoms with van der Waals surface area (Å²) in [6.07, 6.45) is 0.577. The molecule has 0 aromatic carbocycles. The molecule has 0 aliphatic carbocycles. The second kappa shape index (κ2) is 6.50. The molecule has 0 aliphatic heterocycles. The number of alkyl halides is 3. The summed E-state index contributed by atoms with van der Waals surface area (Å²) in [4.78, 5) is 3.81. The zero-order valence-electron chi connectivity index (χ0n) is 11.3. The molecule has 108 valence electrons. The minimum Gasteiger partial charge on any atom is -0.369 e. The van der Waals surface area contributed by atoms with Crippen molar-refractivity contribution >= 4 is 17.6 Å². The van der Waals surface area contributed by atoms with Crippen LogP contribution in [-0.2, 0) is 6.18 Å². The molecule has 0 amide bonds. The first kappa shape index (κ1) is 16.1. The van der Waals surface area contributed by atoms with Crippen molar-refractivity contribution in [2.45, 2.75) is 37.6 Å². The highest BCUT2D eigenvalue weighted by molar-refractivity contribution is 8.00. The second-order valence-electron chi connectivity index (χ2n) is 4.38. The molecule has 1 rings (SSSR count). The van der Waals surface area contributed by atoms with Crippen LogP contribution in [0.15, 0.2) is 18.3 Å². The molecular formula is C13H19F3N2S. The third-order valence-electron chi connectivity index (χ3n) is 3.40. The largest absolute Gasteiger partial charge is 0.417 e. The molecule has 0 radical (unpaired) electrons. The lowest BCUT2D eigenvalue weighted by Crippen LogP contribution is -2.32. The van der Waals surface area contributed by atoms with Crippen molar-refractivity contribution in [3.05, 3.63) is 23.9 Å². The summed E-state index contributed by atoms with van der Waals surface area (Å²) in [5, 5.41) is 3.12. The Morgan fingerprint density at radius 2 is 1.84 bits per heavy atom. The van der Waals surface area contributed by atoms with Crippen molar-refractivity contribution in [2.75, 3.05) is 18.1 Å². The van der Waals surface area contributed by atoms with Crippen LogP contribution in [0.1, 0.15) is 32.3 Å². The van der Waals surface area contributed by atoms with Gasteiger partial charge in [0.1, 0.15) is 5.82 Å². The predicted molar refractivity (Wildman–Crippen MR) is 74.6 cm³/mol. The monoisotopic (exact) mass is 292 g/mol. The van der Waals surface area contributed by atoms with Crippen molar-refractivity contribution < 1.29 is 13.2 Å². The third kappa shape index (κ3) is 4.30. The van der Waals surface area contributed by atoms with Crippen LogP contribution in [-0.4, -0.2) is 22.5 Å². The minimum absolute atomic E-state index is 0.102. The van der Waals surface area contributed by atoms with E-state index in [1.807, 2.05) is 0 Å². The summed E-state index contributed by atoms with van der Waals surface area (Å²) < 4.78 is 37.3. The molecule has 1 aromatic rings. The van der Waals surface area contributed by atoms with E-state index < -0.39 is 11.7 Å². The second-order valence-corrected chi connectivity index (χ2v) is 5.65. The van der Waals surface area contributed by atoms with Gasteiger partial charge in [0.25, 0.3) is 0 Å². The molecule has 0 atom stereocenters. The minimum atomic E-state index is -4.33. The Balaban J connectivity index is 2.69. The summed E-state index contributed by atoms with van der Waals surface area (Å²) in [6, 6.07) is 2.42. The molecule has 0 bridgehead atoms. The lowest BCUT2D eigenvalue weighted by molar-refractivity contribution is -0.137. The zero-order chi connectivity index (χ0) is 14.5. The maximum atomic E-state index is 12.4. The lowest BCUT2D eigenvalue weighted by Gasteiger charge is -2.30. The van der Waals surface area contributed by atoms with Gasteiger partial charge >= 0.3 is 6.18 Å². The van der Waals surface area contributed by atoms with Gasteiger partial charge in [-0.2, -0.15) is 24.9 Å². The molecule has 2 nitrogen and oxygen atoms in total. The highest BCUT2D eigenvalue weighted by Gasteiger charge is 2.30. The van der Waals surface area contributed by atoms with Crippen molar-refractivity contribution in [3.8, 4) is 0 Å². The highest BCUT2D eigenvalue weighted by atomic mass is 32.2. The van der Waals surface area contributed by atoms with Crippen LogP contribution in [0.2, 0.25) is 0 Å². The molecule has 0 saturated carbocycles. The Bertz CT molecular complexity index is 378. The first-order valence-electron chi connectivity index (χ1n) is 6.19. The molecule has 0 saturated heterocycles. The summed E-state index contributed by atoms with van der Waals surface area (Å²) in [5.41, 5.74) is -0.722. The van der Waals surface area contributed by atoms with E-state index in [1.165, 1.54) is 6.07 Å². The lowest BCUT2D eigenvalue weighted by atomic mass is 10.0. The van der Waals surface area contributed by atoms with Gasteiger partial charge in [0, 0.05) is 17.5 Å². The first-order chi connectivity index (χ1) is 8.87. The van der Waals surface area contributed by atoms with Gasteiger partial charge in [-0.1, -0.05) is 13.8 Å². The van der Waals surface area contributed by atoms with Gasteiger partial charge in [0.05, 0.1) is 5.56 Å². The van der Waals surface area contributed by atoms with Gasteiger partial charge in [-0.15, -0.1) is 0 Å². The smallest absolute Gasteiger partial charge is 0.369 e. The maximum absolute atomic E-state index is 12.4. The van der Waals surface area contributed by atoms with E-state index in [0.29, 0.717) is 12.4 Å². The number of anilines is 1. The summed E-state index contributed by atoms with van der Waals surface area (Å²) in [6.45, 7) is 4.92. The quantitative estimate of drug-likeness (QED) is 0.839. The van der Waals surface area contributed by atoms with E-state index in [1.54, 1.807) is 11.8 Å². The number of aromatic nitrogens is 1. The molecular weight excluding hydrogens is 273 g/mol. The number of pyridine rings is 1. The molecule has 0 aliphatic rings. The van der Waals surface area contributed by atoms with Gasteiger partial charge in [-0.25, -0.2) is 4.98 Å². The standard InChI is InChI=1S/C13H19F3N2S/c1-4-12(5-2,19-3)9-18-11-7-6-10(8-17-11)13(14,15)16/h6-8H,4-5,9H2,1-3H3,(H,17,18). The van der Waals surface area contributed by atoms with Crippen molar-refractivity contribution in [3.63, 3.8) is 0 Å². The van der Waals surface area contributed by atoms with Crippen molar-refractivity contribution in [1.29, 1.82) is 0 Å². The number of nitrogens with zero attached hydrogens (tertiary/aromatic N) is 1. The van der Waals surface area contributed by atoms with E-state index >= 15 is 0 Å². The Labute approximate surface area is 116 Å². The summed E-state index contributed by atoms with van der Waals surface area (Å²) >= 11 is 1.77. The molecule has 1 aromatic heterocycles. The number of hydrogen-bond acceptors (Lipinski definition) is 3. The average Bonchev–Trinajstić information content (AvgIpc) is 2.40. The Hall–Kier alpha value is -0.910. The van der Waals surface area contributed by atoms with Gasteiger partial charge in [0.2, 0.25) is 0 Å². The fourth-order valence-electron chi connectivity index (χ4n) is 1.78. The molecule has 0 spiro atoms. The summed E-state index contributed by atoms with van der Waals surface area (Å²) in [5.74, 6) is 0.480. The first-order valence-corrected chi connectivity index (χ1v) is 7.41. The normalized spacial score (nSPS) is 12.5. The number of thioether (sulfide) groups is 1. The van der Waals surface area contributed by atoms with Crippen LogP contribution >= 0.6 is 11.8 Å². The zero-order valence-corrected chi connectivity index (χ0v) is 12.2. The Kier molecular flexibility index (Phi) is 5.52.